The van der Waals surface area contributed by atoms with E-state index in [1.807, 2.05) is 30.3 Å². The zero-order chi connectivity index (χ0) is 15.6. The molecule has 23 heavy (non-hydrogen) atoms. The molecule has 2 N–H and O–H groups in total. The molecule has 0 unspecified atom stereocenters. The Morgan fingerprint density at radius 2 is 1.57 bits per heavy atom. The molecule has 2 aromatic carbocycles. The van der Waals surface area contributed by atoms with Gasteiger partial charge < -0.3 is 5.73 Å². The molecule has 4 rings (SSSR count). The number of nitrogens with zero attached hydrogens (tertiary/aromatic N) is 1. The number of nitrogen functional groups attached to an aromatic ring is 1. The summed E-state index contributed by atoms with van der Waals surface area (Å²) in [5.41, 5.74) is 11.7. The lowest BCUT2D eigenvalue weighted by atomic mass is 10.1. The Balaban J connectivity index is 1.76. The average Bonchev–Trinajstić information content (AvgIpc) is 3.25. The van der Waals surface area contributed by atoms with Crippen molar-refractivity contribution in [2.45, 2.75) is 0 Å². The van der Waals surface area contributed by atoms with Crippen LogP contribution < -0.4 is 5.73 Å². The Morgan fingerprint density at radius 3 is 2.35 bits per heavy atom. The van der Waals surface area contributed by atoms with Crippen LogP contribution >= 0.6 is 22.7 Å². The third-order valence-electron chi connectivity index (χ3n) is 3.66. The molecule has 0 aliphatic carbocycles. The van der Waals surface area contributed by atoms with Crippen molar-refractivity contribution in [1.82, 2.24) is 4.98 Å². The number of rotatable bonds is 3. The second-order valence-electron chi connectivity index (χ2n) is 5.19. The number of hydrogen-bond donors (Lipinski definition) is 1. The summed E-state index contributed by atoms with van der Waals surface area (Å²) >= 11 is 3.24. The normalized spacial score (nSPS) is 10.8. The number of thiazole rings is 1. The number of nitrogens with two attached hydrogens (primary N) is 1. The molecule has 112 valence electrons. The van der Waals surface area contributed by atoms with Crippen molar-refractivity contribution >= 4 is 27.7 Å². The van der Waals surface area contributed by atoms with Gasteiger partial charge >= 0.3 is 0 Å². The highest BCUT2D eigenvalue weighted by molar-refractivity contribution is 7.19. The quantitative estimate of drug-likeness (QED) is 0.515. The summed E-state index contributed by atoms with van der Waals surface area (Å²) in [4.78, 5) is 4.77. The van der Waals surface area contributed by atoms with Gasteiger partial charge in [0.15, 0.2) is 0 Å². The van der Waals surface area contributed by atoms with Gasteiger partial charge in [0.05, 0.1) is 0 Å². The first-order valence-electron chi connectivity index (χ1n) is 7.26. The van der Waals surface area contributed by atoms with Crippen LogP contribution in [0.3, 0.4) is 0 Å². The van der Waals surface area contributed by atoms with E-state index < -0.39 is 0 Å². The fourth-order valence-electron chi connectivity index (χ4n) is 2.52. The van der Waals surface area contributed by atoms with E-state index in [1.54, 1.807) is 11.3 Å². The van der Waals surface area contributed by atoms with E-state index in [0.717, 1.165) is 26.8 Å². The van der Waals surface area contributed by atoms with Gasteiger partial charge in [-0.2, -0.15) is 11.3 Å². The summed E-state index contributed by atoms with van der Waals surface area (Å²) in [5.74, 6) is 0. The van der Waals surface area contributed by atoms with Crippen molar-refractivity contribution in [2.24, 2.45) is 0 Å². The molecule has 0 saturated heterocycles. The average molecular weight is 334 g/mol. The first kappa shape index (κ1) is 14.2. The third kappa shape index (κ3) is 2.79. The molecule has 0 radical (unpaired) electrons. The van der Waals surface area contributed by atoms with Crippen LogP contribution in [0.15, 0.2) is 71.4 Å². The van der Waals surface area contributed by atoms with Crippen molar-refractivity contribution in [2.75, 3.05) is 5.73 Å². The number of benzene rings is 2. The molecule has 2 nitrogen and oxygen atoms in total. The van der Waals surface area contributed by atoms with Gasteiger partial charge in [-0.15, -0.1) is 0 Å². The highest BCUT2D eigenvalue weighted by atomic mass is 32.1. The van der Waals surface area contributed by atoms with Crippen molar-refractivity contribution < 1.29 is 0 Å². The van der Waals surface area contributed by atoms with E-state index in [9.17, 15) is 0 Å². The highest BCUT2D eigenvalue weighted by Crippen LogP contribution is 2.37. The van der Waals surface area contributed by atoms with Crippen LogP contribution in [0.2, 0.25) is 0 Å². The Labute approximate surface area is 142 Å². The number of thiophene rings is 1. The summed E-state index contributed by atoms with van der Waals surface area (Å²) in [6.45, 7) is 0. The molecule has 0 saturated carbocycles. The maximum atomic E-state index is 6.20. The minimum absolute atomic E-state index is 0.757. The number of hydrogen-bond acceptors (Lipinski definition) is 4. The van der Waals surface area contributed by atoms with E-state index in [1.165, 1.54) is 22.5 Å². The van der Waals surface area contributed by atoms with Crippen LogP contribution in [0.5, 0.6) is 0 Å². The standard InChI is InChI=1S/C19H14N2S2/c20-18-17(13-5-2-1-3-6-13)21-19(23-18)15-8-4-7-14(11-15)16-9-10-22-12-16/h1-12H,20H2. The number of anilines is 1. The molecule has 0 aliphatic heterocycles. The fourth-order valence-corrected chi connectivity index (χ4v) is 4.03. The Bertz CT molecular complexity index is 925. The van der Waals surface area contributed by atoms with Gasteiger partial charge in [-0.25, -0.2) is 4.98 Å². The fraction of sp³-hybridized carbons (Fsp3) is 0. The Hall–Kier alpha value is -2.43. The van der Waals surface area contributed by atoms with Gasteiger partial charge in [0.2, 0.25) is 0 Å². The predicted molar refractivity (Wildman–Crippen MR) is 101 cm³/mol. The largest absolute Gasteiger partial charge is 0.389 e. The lowest BCUT2D eigenvalue weighted by molar-refractivity contribution is 1.40. The lowest BCUT2D eigenvalue weighted by Gasteiger charge is -2.01. The van der Waals surface area contributed by atoms with Crippen molar-refractivity contribution in [3.05, 3.63) is 71.4 Å². The maximum absolute atomic E-state index is 6.20. The van der Waals surface area contributed by atoms with E-state index in [-0.39, 0.29) is 0 Å². The van der Waals surface area contributed by atoms with Crippen LogP contribution in [0.4, 0.5) is 5.00 Å². The predicted octanol–water partition coefficient (Wildman–Crippen LogP) is 5.79. The monoisotopic (exact) mass is 334 g/mol. The van der Waals surface area contributed by atoms with E-state index in [4.69, 9.17) is 10.7 Å². The van der Waals surface area contributed by atoms with E-state index in [0.29, 0.717) is 0 Å². The molecule has 0 bridgehead atoms. The van der Waals surface area contributed by atoms with Crippen LogP contribution in [0.1, 0.15) is 0 Å². The van der Waals surface area contributed by atoms with Gasteiger partial charge in [-0.1, -0.05) is 59.9 Å². The van der Waals surface area contributed by atoms with Crippen molar-refractivity contribution in [3.8, 4) is 33.0 Å². The van der Waals surface area contributed by atoms with Crippen molar-refractivity contribution in [3.63, 3.8) is 0 Å². The van der Waals surface area contributed by atoms with Gasteiger partial charge in [0.1, 0.15) is 15.7 Å². The summed E-state index contributed by atoms with van der Waals surface area (Å²) in [6.07, 6.45) is 0. The smallest absolute Gasteiger partial charge is 0.126 e. The summed E-state index contributed by atoms with van der Waals surface area (Å²) < 4.78 is 0. The topological polar surface area (TPSA) is 38.9 Å². The first-order valence-corrected chi connectivity index (χ1v) is 9.02. The molecule has 2 heterocycles. The Kier molecular flexibility index (Phi) is 3.69. The minimum atomic E-state index is 0.757. The molecule has 4 heteroatoms. The molecular formula is C19H14N2S2. The maximum Gasteiger partial charge on any atom is 0.126 e. The van der Waals surface area contributed by atoms with Crippen LogP contribution in [0, 0.1) is 0 Å². The summed E-state index contributed by atoms with van der Waals surface area (Å²) in [7, 11) is 0. The lowest BCUT2D eigenvalue weighted by Crippen LogP contribution is -1.85. The van der Waals surface area contributed by atoms with Gasteiger partial charge in [-0.05, 0) is 34.0 Å². The third-order valence-corrected chi connectivity index (χ3v) is 5.28. The molecule has 0 amide bonds. The zero-order valence-electron chi connectivity index (χ0n) is 12.3. The Morgan fingerprint density at radius 1 is 0.783 bits per heavy atom. The zero-order valence-corrected chi connectivity index (χ0v) is 13.9. The molecular weight excluding hydrogens is 320 g/mol. The molecule has 4 aromatic rings. The summed E-state index contributed by atoms with van der Waals surface area (Å²) in [6, 6.07) is 20.7. The molecule has 0 aliphatic rings. The molecule has 0 atom stereocenters. The first-order chi connectivity index (χ1) is 11.3. The van der Waals surface area contributed by atoms with Gasteiger partial charge in [-0.3, -0.25) is 0 Å². The van der Waals surface area contributed by atoms with Crippen LogP contribution in [-0.4, -0.2) is 4.98 Å². The van der Waals surface area contributed by atoms with Gasteiger partial charge in [0.25, 0.3) is 0 Å². The molecule has 0 fully saturated rings. The van der Waals surface area contributed by atoms with Crippen LogP contribution in [0.25, 0.3) is 33.0 Å². The van der Waals surface area contributed by atoms with Crippen molar-refractivity contribution in [1.29, 1.82) is 0 Å². The molecule has 2 aromatic heterocycles. The number of aromatic nitrogens is 1. The highest BCUT2D eigenvalue weighted by Gasteiger charge is 2.12. The van der Waals surface area contributed by atoms with Crippen LogP contribution in [-0.2, 0) is 0 Å². The second kappa shape index (κ2) is 5.99. The van der Waals surface area contributed by atoms with E-state index >= 15 is 0 Å². The SMILES string of the molecule is Nc1sc(-c2cccc(-c3ccsc3)c2)nc1-c1ccccc1. The molecule has 0 spiro atoms. The summed E-state index contributed by atoms with van der Waals surface area (Å²) in [5, 5.41) is 5.97. The van der Waals surface area contributed by atoms with Gasteiger partial charge in [0, 0.05) is 11.1 Å². The van der Waals surface area contributed by atoms with E-state index in [2.05, 4.69) is 41.1 Å². The second-order valence-corrected chi connectivity index (χ2v) is 7.00. The minimum Gasteiger partial charge on any atom is -0.389 e.